The van der Waals surface area contributed by atoms with E-state index in [0.717, 1.165) is 23.3 Å². The van der Waals surface area contributed by atoms with E-state index in [9.17, 15) is 4.21 Å². The van der Waals surface area contributed by atoms with Crippen LogP contribution in [0.1, 0.15) is 13.8 Å². The maximum Gasteiger partial charge on any atom is 0.197 e. The molecule has 3 rings (SSSR count). The van der Waals surface area contributed by atoms with Crippen molar-refractivity contribution in [3.8, 4) is 5.75 Å². The first-order valence-electron chi connectivity index (χ1n) is 8.21. The topological polar surface area (TPSA) is 76.2 Å². The highest BCUT2D eigenvalue weighted by Crippen LogP contribution is 2.26. The Hall–Kier alpha value is -1.44. The molecule has 1 aromatic heterocycles. The Morgan fingerprint density at radius 1 is 1.33 bits per heavy atom. The van der Waals surface area contributed by atoms with Crippen LogP contribution in [0.4, 0.5) is 0 Å². The van der Waals surface area contributed by atoms with E-state index in [1.54, 1.807) is 14.2 Å². The second kappa shape index (κ2) is 7.21. The first kappa shape index (κ1) is 17.4. The van der Waals surface area contributed by atoms with E-state index in [0.29, 0.717) is 22.7 Å². The molecule has 0 bridgehead atoms. The van der Waals surface area contributed by atoms with Gasteiger partial charge in [-0.1, -0.05) is 13.8 Å². The molecule has 0 amide bonds. The van der Waals surface area contributed by atoms with Gasteiger partial charge in [-0.25, -0.2) is 4.98 Å². The largest absolute Gasteiger partial charge is 0.497 e. The highest BCUT2D eigenvalue weighted by Gasteiger charge is 2.35. The van der Waals surface area contributed by atoms with Crippen LogP contribution in [0.25, 0.3) is 11.0 Å². The number of nitrogens with one attached hydrogen (secondary N) is 2. The van der Waals surface area contributed by atoms with Crippen LogP contribution in [0, 0.1) is 11.8 Å². The van der Waals surface area contributed by atoms with Gasteiger partial charge in [0, 0.05) is 31.5 Å². The summed E-state index contributed by atoms with van der Waals surface area (Å²) in [5.74, 6) is 2.02. The molecular formula is C17H25N3O3S. The number of aromatic nitrogens is 2. The zero-order valence-corrected chi connectivity index (χ0v) is 15.4. The zero-order chi connectivity index (χ0) is 17.3. The predicted octanol–water partition coefficient (Wildman–Crippen LogP) is 1.94. The van der Waals surface area contributed by atoms with Crippen LogP contribution in [0.3, 0.4) is 0 Å². The predicted molar refractivity (Wildman–Crippen MR) is 94.8 cm³/mol. The molecule has 1 aromatic carbocycles. The number of methoxy groups -OCH3 is 2. The molecule has 5 unspecified atom stereocenters. The Bertz CT molecular complexity index is 733. The Morgan fingerprint density at radius 3 is 2.83 bits per heavy atom. The molecule has 132 valence electrons. The van der Waals surface area contributed by atoms with Gasteiger partial charge in [-0.3, -0.25) is 4.21 Å². The molecule has 1 saturated heterocycles. The molecule has 1 fully saturated rings. The minimum Gasteiger partial charge on any atom is -0.497 e. The third kappa shape index (κ3) is 3.34. The molecule has 5 atom stereocenters. The van der Waals surface area contributed by atoms with Crippen molar-refractivity contribution >= 4 is 21.8 Å². The third-order valence-corrected chi connectivity index (χ3v) is 6.19. The standard InChI is InChI=1S/C17H25N3O3S/c1-10-8-18-15(11(2)16(10)23-4)9-24(21)17-19-13-6-5-12(22-3)7-14(13)20-17/h5-7,10-11,15-16,18H,8-9H2,1-4H3,(H,19,20). The first-order chi connectivity index (χ1) is 11.5. The molecule has 7 heteroatoms. The molecular weight excluding hydrogens is 326 g/mol. The van der Waals surface area contributed by atoms with E-state index in [2.05, 4.69) is 29.1 Å². The number of imidazole rings is 1. The van der Waals surface area contributed by atoms with Gasteiger partial charge in [0.15, 0.2) is 5.16 Å². The van der Waals surface area contributed by atoms with Gasteiger partial charge in [-0.15, -0.1) is 0 Å². The average molecular weight is 351 g/mol. The molecule has 0 aliphatic carbocycles. The van der Waals surface area contributed by atoms with Crippen molar-refractivity contribution < 1.29 is 13.7 Å². The Labute approximate surface area is 144 Å². The lowest BCUT2D eigenvalue weighted by atomic mass is 9.84. The summed E-state index contributed by atoms with van der Waals surface area (Å²) in [6.45, 7) is 5.21. The maximum atomic E-state index is 12.8. The minimum atomic E-state index is -1.20. The molecule has 1 aliphatic heterocycles. The van der Waals surface area contributed by atoms with Crippen LogP contribution < -0.4 is 10.1 Å². The summed E-state index contributed by atoms with van der Waals surface area (Å²) in [4.78, 5) is 7.62. The van der Waals surface area contributed by atoms with Gasteiger partial charge >= 0.3 is 0 Å². The van der Waals surface area contributed by atoms with Crippen LogP contribution in [0.5, 0.6) is 5.75 Å². The van der Waals surface area contributed by atoms with Crippen molar-refractivity contribution in [2.75, 3.05) is 26.5 Å². The zero-order valence-electron chi connectivity index (χ0n) is 14.5. The molecule has 0 saturated carbocycles. The van der Waals surface area contributed by atoms with Gasteiger partial charge < -0.3 is 19.8 Å². The van der Waals surface area contributed by atoms with E-state index in [4.69, 9.17) is 9.47 Å². The number of H-pyrrole nitrogens is 1. The van der Waals surface area contributed by atoms with E-state index in [1.807, 2.05) is 18.2 Å². The summed E-state index contributed by atoms with van der Waals surface area (Å²) in [6, 6.07) is 5.74. The molecule has 2 heterocycles. The number of rotatable bonds is 5. The summed E-state index contributed by atoms with van der Waals surface area (Å²) in [7, 11) is 2.18. The quantitative estimate of drug-likeness (QED) is 0.861. The number of fused-ring (bicyclic) bond motifs is 1. The fraction of sp³-hybridized carbons (Fsp3) is 0.588. The molecule has 24 heavy (non-hydrogen) atoms. The lowest BCUT2D eigenvalue weighted by Gasteiger charge is -2.39. The third-order valence-electron chi connectivity index (χ3n) is 4.90. The fourth-order valence-corrected chi connectivity index (χ4v) is 4.82. The van der Waals surface area contributed by atoms with Crippen LogP contribution in [-0.4, -0.2) is 52.8 Å². The second-order valence-corrected chi connectivity index (χ2v) is 7.90. The summed E-state index contributed by atoms with van der Waals surface area (Å²) < 4.78 is 23.6. The molecule has 1 aliphatic rings. The number of hydrogen-bond donors (Lipinski definition) is 2. The lowest BCUT2D eigenvalue weighted by molar-refractivity contribution is -0.0136. The highest BCUT2D eigenvalue weighted by atomic mass is 32.2. The minimum absolute atomic E-state index is 0.148. The van der Waals surface area contributed by atoms with Crippen molar-refractivity contribution in [2.24, 2.45) is 11.8 Å². The molecule has 6 nitrogen and oxygen atoms in total. The average Bonchev–Trinajstić information content (AvgIpc) is 3.01. The summed E-state index contributed by atoms with van der Waals surface area (Å²) in [5.41, 5.74) is 1.64. The summed E-state index contributed by atoms with van der Waals surface area (Å²) in [6.07, 6.45) is 0.188. The van der Waals surface area contributed by atoms with Crippen molar-refractivity contribution in [3.05, 3.63) is 18.2 Å². The highest BCUT2D eigenvalue weighted by molar-refractivity contribution is 7.84. The maximum absolute atomic E-state index is 12.8. The Kier molecular flexibility index (Phi) is 5.22. The first-order valence-corrected chi connectivity index (χ1v) is 9.53. The van der Waals surface area contributed by atoms with E-state index >= 15 is 0 Å². The lowest BCUT2D eigenvalue weighted by Crippen LogP contribution is -2.54. The van der Waals surface area contributed by atoms with E-state index in [1.165, 1.54) is 0 Å². The monoisotopic (exact) mass is 351 g/mol. The molecule has 0 radical (unpaired) electrons. The van der Waals surface area contributed by atoms with Gasteiger partial charge in [-0.05, 0) is 24.0 Å². The fourth-order valence-electron chi connectivity index (χ4n) is 3.49. The molecule has 2 N–H and O–H groups in total. The normalized spacial score (nSPS) is 28.8. The van der Waals surface area contributed by atoms with Crippen molar-refractivity contribution in [3.63, 3.8) is 0 Å². The van der Waals surface area contributed by atoms with Crippen molar-refractivity contribution in [1.82, 2.24) is 15.3 Å². The Morgan fingerprint density at radius 2 is 2.12 bits per heavy atom. The molecule has 0 spiro atoms. The van der Waals surface area contributed by atoms with Gasteiger partial charge in [0.2, 0.25) is 0 Å². The summed E-state index contributed by atoms with van der Waals surface area (Å²) >= 11 is 0. The number of benzene rings is 1. The van der Waals surface area contributed by atoms with E-state index < -0.39 is 10.8 Å². The van der Waals surface area contributed by atoms with Crippen LogP contribution in [-0.2, 0) is 15.5 Å². The van der Waals surface area contributed by atoms with Gasteiger partial charge in [0.1, 0.15) is 5.75 Å². The van der Waals surface area contributed by atoms with E-state index in [-0.39, 0.29) is 12.1 Å². The number of nitrogens with zero attached hydrogens (tertiary/aromatic N) is 1. The van der Waals surface area contributed by atoms with Crippen molar-refractivity contribution in [2.45, 2.75) is 31.1 Å². The van der Waals surface area contributed by atoms with Crippen LogP contribution in [0.2, 0.25) is 0 Å². The number of aromatic amines is 1. The summed E-state index contributed by atoms with van der Waals surface area (Å²) in [5, 5.41) is 4.01. The number of ether oxygens (including phenoxy) is 2. The molecule has 2 aromatic rings. The van der Waals surface area contributed by atoms with Crippen LogP contribution >= 0.6 is 0 Å². The van der Waals surface area contributed by atoms with Gasteiger partial charge in [0.05, 0.1) is 35.0 Å². The smallest absolute Gasteiger partial charge is 0.197 e. The number of hydrogen-bond acceptors (Lipinski definition) is 5. The second-order valence-electron chi connectivity index (χ2n) is 6.49. The number of piperidine rings is 1. The van der Waals surface area contributed by atoms with Crippen LogP contribution in [0.15, 0.2) is 23.4 Å². The van der Waals surface area contributed by atoms with Gasteiger partial charge in [0.25, 0.3) is 0 Å². The van der Waals surface area contributed by atoms with Crippen molar-refractivity contribution in [1.29, 1.82) is 0 Å². The SMILES string of the molecule is COc1ccc2nc(S(=O)CC3NCC(C)C(OC)C3C)[nH]c2c1. The van der Waals surface area contributed by atoms with Gasteiger partial charge in [-0.2, -0.15) is 0 Å². The Balaban J connectivity index is 1.75.